The summed E-state index contributed by atoms with van der Waals surface area (Å²) in [6, 6.07) is 14.7. The molecule has 0 fully saturated rings. The van der Waals surface area contributed by atoms with Gasteiger partial charge in [-0.15, -0.1) is 0 Å². The molecule has 0 aromatic heterocycles. The molecule has 0 aliphatic heterocycles. The van der Waals surface area contributed by atoms with Crippen molar-refractivity contribution in [2.24, 2.45) is 5.73 Å². The van der Waals surface area contributed by atoms with Crippen LogP contribution < -0.4 is 5.73 Å². The molecule has 0 saturated heterocycles. The molecule has 0 unspecified atom stereocenters. The van der Waals surface area contributed by atoms with Gasteiger partial charge < -0.3 is 10.5 Å². The van der Waals surface area contributed by atoms with Crippen LogP contribution >= 0.6 is 0 Å². The molecule has 3 heteroatoms. The van der Waals surface area contributed by atoms with E-state index in [0.29, 0.717) is 18.7 Å². The summed E-state index contributed by atoms with van der Waals surface area (Å²) in [5.41, 5.74) is 8.06. The maximum absolute atomic E-state index is 13.5. The monoisotopic (exact) mass is 245 g/mol. The average Bonchev–Trinajstić information content (AvgIpc) is 2.42. The van der Waals surface area contributed by atoms with E-state index in [2.05, 4.69) is 0 Å². The first-order valence-corrected chi connectivity index (χ1v) is 5.88. The quantitative estimate of drug-likeness (QED) is 0.878. The zero-order chi connectivity index (χ0) is 12.8. The van der Waals surface area contributed by atoms with Crippen molar-refractivity contribution in [3.8, 4) is 0 Å². The highest BCUT2D eigenvalue weighted by atomic mass is 19.1. The lowest BCUT2D eigenvalue weighted by Gasteiger charge is -2.07. The Hall–Kier alpha value is -1.71. The van der Waals surface area contributed by atoms with Crippen molar-refractivity contribution in [3.63, 3.8) is 0 Å². The van der Waals surface area contributed by atoms with Crippen LogP contribution in [0.15, 0.2) is 48.5 Å². The van der Waals surface area contributed by atoms with Gasteiger partial charge in [-0.3, -0.25) is 0 Å². The van der Waals surface area contributed by atoms with Gasteiger partial charge in [0.05, 0.1) is 13.2 Å². The topological polar surface area (TPSA) is 35.2 Å². The molecule has 0 aliphatic carbocycles. The van der Waals surface area contributed by atoms with E-state index in [9.17, 15) is 4.39 Å². The second-order valence-corrected chi connectivity index (χ2v) is 4.11. The van der Waals surface area contributed by atoms with Crippen molar-refractivity contribution in [2.75, 3.05) is 0 Å². The number of hydrogen-bond donors (Lipinski definition) is 1. The first-order valence-electron chi connectivity index (χ1n) is 5.88. The van der Waals surface area contributed by atoms with E-state index in [4.69, 9.17) is 10.5 Å². The Balaban J connectivity index is 1.94. The number of hydrogen-bond acceptors (Lipinski definition) is 2. The number of rotatable bonds is 5. The van der Waals surface area contributed by atoms with Gasteiger partial charge in [-0.25, -0.2) is 4.39 Å². The van der Waals surface area contributed by atoms with Crippen LogP contribution in [0.3, 0.4) is 0 Å². The zero-order valence-corrected chi connectivity index (χ0v) is 10.1. The molecule has 0 spiro atoms. The minimum atomic E-state index is -0.250. The average molecular weight is 245 g/mol. The van der Waals surface area contributed by atoms with Gasteiger partial charge >= 0.3 is 0 Å². The molecule has 2 aromatic carbocycles. The lowest BCUT2D eigenvalue weighted by atomic mass is 10.1. The van der Waals surface area contributed by atoms with Gasteiger partial charge in [-0.2, -0.15) is 0 Å². The van der Waals surface area contributed by atoms with Crippen LogP contribution in [0, 0.1) is 5.82 Å². The minimum absolute atomic E-state index is 0.250. The Morgan fingerprint density at radius 2 is 1.72 bits per heavy atom. The molecular formula is C15H16FNO. The fraction of sp³-hybridized carbons (Fsp3) is 0.200. The molecular weight excluding hydrogens is 229 g/mol. The fourth-order valence-corrected chi connectivity index (χ4v) is 1.72. The molecule has 2 nitrogen and oxygen atoms in total. The largest absolute Gasteiger partial charge is 0.372 e. The first-order chi connectivity index (χ1) is 8.79. The molecule has 0 aliphatic rings. The second-order valence-electron chi connectivity index (χ2n) is 4.11. The summed E-state index contributed by atoms with van der Waals surface area (Å²) >= 11 is 0. The number of ether oxygens (including phenoxy) is 1. The minimum Gasteiger partial charge on any atom is -0.372 e. The summed E-state index contributed by atoms with van der Waals surface area (Å²) in [5, 5.41) is 0. The van der Waals surface area contributed by atoms with Crippen molar-refractivity contribution < 1.29 is 9.13 Å². The van der Waals surface area contributed by atoms with Crippen LogP contribution in [0.5, 0.6) is 0 Å². The predicted molar refractivity (Wildman–Crippen MR) is 69.2 cm³/mol. The Kier molecular flexibility index (Phi) is 4.45. The maximum Gasteiger partial charge on any atom is 0.128 e. The van der Waals surface area contributed by atoms with E-state index in [1.807, 2.05) is 30.3 Å². The zero-order valence-electron chi connectivity index (χ0n) is 10.1. The van der Waals surface area contributed by atoms with E-state index in [1.54, 1.807) is 12.1 Å². The van der Waals surface area contributed by atoms with Crippen LogP contribution in [0.2, 0.25) is 0 Å². The van der Waals surface area contributed by atoms with Gasteiger partial charge in [0.25, 0.3) is 0 Å². The summed E-state index contributed by atoms with van der Waals surface area (Å²) in [7, 11) is 0. The lowest BCUT2D eigenvalue weighted by molar-refractivity contribution is 0.105. The van der Waals surface area contributed by atoms with Gasteiger partial charge in [-0.05, 0) is 23.3 Å². The van der Waals surface area contributed by atoms with Crippen LogP contribution in [-0.2, 0) is 24.5 Å². The van der Waals surface area contributed by atoms with Crippen LogP contribution in [0.25, 0.3) is 0 Å². The highest BCUT2D eigenvalue weighted by molar-refractivity contribution is 5.24. The molecule has 0 heterocycles. The highest BCUT2D eigenvalue weighted by Gasteiger charge is 2.03. The molecule has 2 rings (SSSR count). The van der Waals surface area contributed by atoms with E-state index in [-0.39, 0.29) is 12.4 Å². The van der Waals surface area contributed by atoms with Gasteiger partial charge in [0.1, 0.15) is 5.82 Å². The standard InChI is InChI=1S/C15H16FNO/c16-15-7-6-13(9-17)8-14(15)11-18-10-12-4-2-1-3-5-12/h1-8H,9-11,17H2. The smallest absolute Gasteiger partial charge is 0.128 e. The molecule has 0 radical (unpaired) electrons. The van der Waals surface area contributed by atoms with Crippen LogP contribution in [0.1, 0.15) is 16.7 Å². The highest BCUT2D eigenvalue weighted by Crippen LogP contribution is 2.12. The fourth-order valence-electron chi connectivity index (χ4n) is 1.72. The summed E-state index contributed by atoms with van der Waals surface area (Å²) in [4.78, 5) is 0. The molecule has 2 N–H and O–H groups in total. The van der Waals surface area contributed by atoms with E-state index < -0.39 is 0 Å². The summed E-state index contributed by atoms with van der Waals surface area (Å²) < 4.78 is 19.0. The van der Waals surface area contributed by atoms with Crippen molar-refractivity contribution in [2.45, 2.75) is 19.8 Å². The molecule has 2 aromatic rings. The second kappa shape index (κ2) is 6.28. The summed E-state index contributed by atoms with van der Waals surface area (Å²) in [5.74, 6) is -0.250. The third-order valence-electron chi connectivity index (χ3n) is 2.71. The number of halogens is 1. The lowest BCUT2D eigenvalue weighted by Crippen LogP contribution is -2.01. The van der Waals surface area contributed by atoms with Crippen LogP contribution in [0.4, 0.5) is 4.39 Å². The Morgan fingerprint density at radius 1 is 0.944 bits per heavy atom. The van der Waals surface area contributed by atoms with E-state index in [1.165, 1.54) is 6.07 Å². The third-order valence-corrected chi connectivity index (χ3v) is 2.71. The van der Waals surface area contributed by atoms with Crippen molar-refractivity contribution in [1.82, 2.24) is 0 Å². The van der Waals surface area contributed by atoms with Crippen molar-refractivity contribution >= 4 is 0 Å². The Bertz CT molecular complexity index is 499. The first kappa shape index (κ1) is 12.7. The normalized spacial score (nSPS) is 10.6. The Labute approximate surface area is 106 Å². The number of benzene rings is 2. The molecule has 18 heavy (non-hydrogen) atoms. The molecule has 0 bridgehead atoms. The SMILES string of the molecule is NCc1ccc(F)c(COCc2ccccc2)c1. The van der Waals surface area contributed by atoms with E-state index in [0.717, 1.165) is 11.1 Å². The van der Waals surface area contributed by atoms with E-state index >= 15 is 0 Å². The van der Waals surface area contributed by atoms with Gasteiger partial charge in [-0.1, -0.05) is 36.4 Å². The maximum atomic E-state index is 13.5. The molecule has 0 saturated carbocycles. The number of nitrogens with two attached hydrogens (primary N) is 1. The third kappa shape index (κ3) is 3.39. The molecule has 0 atom stereocenters. The summed E-state index contributed by atoms with van der Waals surface area (Å²) in [6.07, 6.45) is 0. The Morgan fingerprint density at radius 3 is 2.44 bits per heavy atom. The van der Waals surface area contributed by atoms with Crippen molar-refractivity contribution in [1.29, 1.82) is 0 Å². The van der Waals surface area contributed by atoms with Crippen molar-refractivity contribution in [3.05, 3.63) is 71.0 Å². The molecule has 94 valence electrons. The van der Waals surface area contributed by atoms with Gasteiger partial charge in [0.2, 0.25) is 0 Å². The predicted octanol–water partition coefficient (Wildman–Crippen LogP) is 3.00. The van der Waals surface area contributed by atoms with Crippen LogP contribution in [-0.4, -0.2) is 0 Å². The summed E-state index contributed by atoms with van der Waals surface area (Å²) in [6.45, 7) is 1.15. The van der Waals surface area contributed by atoms with Gasteiger partial charge in [0, 0.05) is 12.1 Å². The molecule has 0 amide bonds. The van der Waals surface area contributed by atoms with Gasteiger partial charge in [0.15, 0.2) is 0 Å².